The van der Waals surface area contributed by atoms with E-state index in [0.717, 1.165) is 36.8 Å². The predicted octanol–water partition coefficient (Wildman–Crippen LogP) is 5.41. The van der Waals surface area contributed by atoms with Crippen LogP contribution in [0.25, 0.3) is 22.0 Å². The Morgan fingerprint density at radius 1 is 1.10 bits per heavy atom. The molecule has 0 bridgehead atoms. The SMILES string of the molecule is CCC(=O)N1CCC(C(C)(OC)c2ccc(-c3ccc4cccnc4c3)cc2)CC1. The predicted molar refractivity (Wildman–Crippen MR) is 121 cm³/mol. The first-order valence-corrected chi connectivity index (χ1v) is 10.8. The van der Waals surface area contributed by atoms with Crippen molar-refractivity contribution in [1.29, 1.82) is 0 Å². The van der Waals surface area contributed by atoms with Gasteiger partial charge in [-0.05, 0) is 54.5 Å². The number of hydrogen-bond acceptors (Lipinski definition) is 3. The van der Waals surface area contributed by atoms with Crippen molar-refractivity contribution in [2.24, 2.45) is 5.92 Å². The number of carbonyl (C=O) groups excluding carboxylic acids is 1. The first-order chi connectivity index (χ1) is 14.5. The number of amides is 1. The molecule has 1 aliphatic rings. The first-order valence-electron chi connectivity index (χ1n) is 10.8. The molecule has 0 saturated carbocycles. The highest BCUT2D eigenvalue weighted by atomic mass is 16.5. The van der Waals surface area contributed by atoms with Crippen molar-refractivity contribution in [2.45, 2.75) is 38.7 Å². The van der Waals surface area contributed by atoms with Gasteiger partial charge in [0.25, 0.3) is 0 Å². The van der Waals surface area contributed by atoms with Crippen LogP contribution in [0.3, 0.4) is 0 Å². The van der Waals surface area contributed by atoms with E-state index >= 15 is 0 Å². The Morgan fingerprint density at radius 2 is 1.80 bits per heavy atom. The molecule has 3 aromatic rings. The number of ether oxygens (including phenoxy) is 1. The number of nitrogens with zero attached hydrogens (tertiary/aromatic N) is 2. The number of fused-ring (bicyclic) bond motifs is 1. The Bertz CT molecular complexity index is 1020. The smallest absolute Gasteiger partial charge is 0.222 e. The summed E-state index contributed by atoms with van der Waals surface area (Å²) in [6.07, 6.45) is 4.35. The zero-order valence-electron chi connectivity index (χ0n) is 18.1. The van der Waals surface area contributed by atoms with Crippen molar-refractivity contribution in [2.75, 3.05) is 20.2 Å². The van der Waals surface area contributed by atoms with E-state index in [-0.39, 0.29) is 11.5 Å². The summed E-state index contributed by atoms with van der Waals surface area (Å²) in [7, 11) is 1.80. The van der Waals surface area contributed by atoms with Crippen LogP contribution in [0, 0.1) is 5.92 Å². The van der Waals surface area contributed by atoms with Gasteiger partial charge in [-0.15, -0.1) is 0 Å². The van der Waals surface area contributed by atoms with Crippen LogP contribution in [0.1, 0.15) is 38.7 Å². The second kappa shape index (κ2) is 8.57. The maximum Gasteiger partial charge on any atom is 0.222 e. The van der Waals surface area contributed by atoms with Crippen LogP contribution in [0.15, 0.2) is 60.8 Å². The highest BCUT2D eigenvalue weighted by Gasteiger charge is 2.38. The van der Waals surface area contributed by atoms with Crippen LogP contribution >= 0.6 is 0 Å². The van der Waals surface area contributed by atoms with E-state index in [1.54, 1.807) is 7.11 Å². The van der Waals surface area contributed by atoms with Crippen LogP contribution in [0.4, 0.5) is 0 Å². The average molecular weight is 403 g/mol. The number of piperidine rings is 1. The van der Waals surface area contributed by atoms with Crippen LogP contribution in [0.2, 0.25) is 0 Å². The van der Waals surface area contributed by atoms with Crippen molar-refractivity contribution in [3.8, 4) is 11.1 Å². The van der Waals surface area contributed by atoms with Gasteiger partial charge in [-0.25, -0.2) is 0 Å². The molecule has 1 amide bonds. The molecule has 4 rings (SSSR count). The number of methoxy groups -OCH3 is 1. The van der Waals surface area contributed by atoms with Gasteiger partial charge in [-0.2, -0.15) is 0 Å². The minimum atomic E-state index is -0.356. The van der Waals surface area contributed by atoms with Crippen LogP contribution in [-0.4, -0.2) is 36.0 Å². The maximum atomic E-state index is 12.0. The van der Waals surface area contributed by atoms with Crippen molar-refractivity contribution < 1.29 is 9.53 Å². The Hall–Kier alpha value is -2.72. The van der Waals surface area contributed by atoms with Gasteiger partial charge in [0.2, 0.25) is 5.91 Å². The first kappa shape index (κ1) is 20.5. The van der Waals surface area contributed by atoms with Gasteiger partial charge in [0.15, 0.2) is 0 Å². The highest BCUT2D eigenvalue weighted by molar-refractivity contribution is 5.84. The van der Waals surface area contributed by atoms with E-state index in [9.17, 15) is 4.79 Å². The fraction of sp³-hybridized carbons (Fsp3) is 0.385. The molecule has 4 nitrogen and oxygen atoms in total. The summed E-state index contributed by atoms with van der Waals surface area (Å²) in [4.78, 5) is 18.5. The fourth-order valence-electron chi connectivity index (χ4n) is 4.66. The Kier molecular flexibility index (Phi) is 5.87. The molecule has 156 valence electrons. The standard InChI is InChI=1S/C26H30N2O2/c1-4-25(29)28-16-13-23(14-17-28)26(2,30-3)22-11-9-19(10-12-22)21-8-7-20-6-5-15-27-24(20)18-21/h5-12,15,18,23H,4,13-14,16-17H2,1-3H3. The second-order valence-electron chi connectivity index (χ2n) is 8.31. The fourth-order valence-corrected chi connectivity index (χ4v) is 4.66. The summed E-state index contributed by atoms with van der Waals surface area (Å²) >= 11 is 0. The minimum Gasteiger partial charge on any atom is -0.374 e. The summed E-state index contributed by atoms with van der Waals surface area (Å²) in [5, 5.41) is 1.15. The summed E-state index contributed by atoms with van der Waals surface area (Å²) in [6, 6.07) is 19.2. The van der Waals surface area contributed by atoms with Crippen molar-refractivity contribution in [1.82, 2.24) is 9.88 Å². The van der Waals surface area contributed by atoms with Gasteiger partial charge in [0, 0.05) is 38.2 Å². The summed E-state index contributed by atoms with van der Waals surface area (Å²) in [5.74, 6) is 0.640. The lowest BCUT2D eigenvalue weighted by Gasteiger charge is -2.42. The third-order valence-corrected chi connectivity index (χ3v) is 6.75. The number of likely N-dealkylation sites (tertiary alicyclic amines) is 1. The van der Waals surface area contributed by atoms with E-state index in [1.807, 2.05) is 24.1 Å². The molecule has 30 heavy (non-hydrogen) atoms. The Balaban J connectivity index is 1.54. The van der Waals surface area contributed by atoms with Crippen LogP contribution < -0.4 is 0 Å². The lowest BCUT2D eigenvalue weighted by atomic mass is 9.77. The number of carbonyl (C=O) groups is 1. The highest BCUT2D eigenvalue weighted by Crippen LogP contribution is 2.40. The maximum absolute atomic E-state index is 12.0. The van der Waals surface area contributed by atoms with E-state index in [2.05, 4.69) is 60.4 Å². The molecule has 1 aromatic heterocycles. The average Bonchev–Trinajstić information content (AvgIpc) is 2.83. The zero-order valence-corrected chi connectivity index (χ0v) is 18.1. The summed E-state index contributed by atoms with van der Waals surface area (Å²) < 4.78 is 6.08. The molecule has 2 heterocycles. The van der Waals surface area contributed by atoms with E-state index < -0.39 is 0 Å². The van der Waals surface area contributed by atoms with Crippen LogP contribution in [0.5, 0.6) is 0 Å². The van der Waals surface area contributed by atoms with E-state index in [0.29, 0.717) is 12.3 Å². The second-order valence-corrected chi connectivity index (χ2v) is 8.31. The molecule has 4 heteroatoms. The van der Waals surface area contributed by atoms with Crippen molar-refractivity contribution in [3.05, 3.63) is 66.4 Å². The third-order valence-electron chi connectivity index (χ3n) is 6.75. The molecule has 2 aromatic carbocycles. The van der Waals surface area contributed by atoms with Gasteiger partial charge in [0.1, 0.15) is 0 Å². The number of hydrogen-bond donors (Lipinski definition) is 0. The van der Waals surface area contributed by atoms with Crippen molar-refractivity contribution in [3.63, 3.8) is 0 Å². The number of benzene rings is 2. The molecular formula is C26H30N2O2. The number of pyridine rings is 1. The molecule has 1 unspecified atom stereocenters. The van der Waals surface area contributed by atoms with Gasteiger partial charge in [-0.3, -0.25) is 9.78 Å². The molecule has 0 spiro atoms. The van der Waals surface area contributed by atoms with Gasteiger partial charge >= 0.3 is 0 Å². The number of aromatic nitrogens is 1. The lowest BCUT2D eigenvalue weighted by molar-refractivity contribution is -0.134. The topological polar surface area (TPSA) is 42.4 Å². The monoisotopic (exact) mass is 402 g/mol. The molecule has 0 aliphatic carbocycles. The molecule has 0 N–H and O–H groups in total. The third kappa shape index (κ3) is 3.84. The lowest BCUT2D eigenvalue weighted by Crippen LogP contribution is -2.44. The molecule has 1 aliphatic heterocycles. The Labute approximate surface area is 178 Å². The quantitative estimate of drug-likeness (QED) is 0.573. The molecule has 1 fully saturated rings. The van der Waals surface area contributed by atoms with E-state index in [1.165, 1.54) is 16.7 Å². The summed E-state index contributed by atoms with van der Waals surface area (Å²) in [6.45, 7) is 5.75. The Morgan fingerprint density at radius 3 is 2.47 bits per heavy atom. The zero-order chi connectivity index (χ0) is 21.1. The van der Waals surface area contributed by atoms with Crippen molar-refractivity contribution >= 4 is 16.8 Å². The van der Waals surface area contributed by atoms with Crippen LogP contribution in [-0.2, 0) is 15.1 Å². The summed E-state index contributed by atoms with van der Waals surface area (Å²) in [5.41, 5.74) is 4.18. The van der Waals surface area contributed by atoms with Gasteiger partial charge in [-0.1, -0.05) is 49.4 Å². The molecular weight excluding hydrogens is 372 g/mol. The van der Waals surface area contributed by atoms with E-state index in [4.69, 9.17) is 4.74 Å². The normalized spacial score (nSPS) is 17.1. The molecule has 1 saturated heterocycles. The number of rotatable bonds is 5. The molecule has 0 radical (unpaired) electrons. The van der Waals surface area contributed by atoms with Gasteiger partial charge < -0.3 is 9.64 Å². The van der Waals surface area contributed by atoms with Gasteiger partial charge in [0.05, 0.1) is 11.1 Å². The largest absolute Gasteiger partial charge is 0.374 e. The minimum absolute atomic E-state index is 0.252. The molecule has 1 atom stereocenters.